The molecule has 3 aromatic rings. The van der Waals surface area contributed by atoms with Gasteiger partial charge in [-0.25, -0.2) is 0 Å². The summed E-state index contributed by atoms with van der Waals surface area (Å²) in [6, 6.07) is 22.5. The topological polar surface area (TPSA) is 82.9 Å². The fraction of sp³-hybridized carbons (Fsp3) is 0.226. The molecule has 2 heterocycles. The van der Waals surface area contributed by atoms with Gasteiger partial charge in [0.25, 0.3) is 0 Å². The second-order valence-corrected chi connectivity index (χ2v) is 11.6. The van der Waals surface area contributed by atoms with E-state index < -0.39 is 5.92 Å². The number of carbonyl (C=O) groups excluding carboxylic acids is 1. The number of Topliss-reactive ketones (excluding diaryl/α,β-unsaturated/α-hetero) is 1. The Balaban J connectivity index is 1.67. The predicted molar refractivity (Wildman–Crippen MR) is 151 cm³/mol. The van der Waals surface area contributed by atoms with Crippen LogP contribution in [-0.4, -0.2) is 23.5 Å². The maximum Gasteiger partial charge on any atom is 0.231 e. The highest BCUT2D eigenvalue weighted by atomic mass is 79.9. The third-order valence-electron chi connectivity index (χ3n) is 7.32. The summed E-state index contributed by atoms with van der Waals surface area (Å²) in [5, 5.41) is 21.3. The van der Waals surface area contributed by atoms with E-state index in [-0.39, 0.29) is 29.6 Å². The Kier molecular flexibility index (Phi) is 5.91. The normalized spacial score (nSPS) is 21.4. The molecule has 6 rings (SSSR count). The summed E-state index contributed by atoms with van der Waals surface area (Å²) in [6.45, 7) is 4.30. The van der Waals surface area contributed by atoms with E-state index in [1.54, 1.807) is 0 Å². The summed E-state index contributed by atoms with van der Waals surface area (Å²) in [5.74, 6) is 0.717. The van der Waals surface area contributed by atoms with Crippen molar-refractivity contribution in [2.75, 3.05) is 11.7 Å². The van der Waals surface area contributed by atoms with Crippen molar-refractivity contribution in [1.82, 2.24) is 0 Å². The van der Waals surface area contributed by atoms with Crippen LogP contribution in [0.25, 0.3) is 5.76 Å². The Morgan fingerprint density at radius 1 is 1.00 bits per heavy atom. The summed E-state index contributed by atoms with van der Waals surface area (Å²) < 4.78 is 12.1. The lowest BCUT2D eigenvalue weighted by atomic mass is 9.67. The van der Waals surface area contributed by atoms with Crippen LogP contribution < -0.4 is 14.4 Å². The van der Waals surface area contributed by atoms with E-state index >= 15 is 0 Å². The first-order valence-corrected chi connectivity index (χ1v) is 13.3. The van der Waals surface area contributed by atoms with Gasteiger partial charge in [-0.2, -0.15) is 0 Å². The molecular formula is C31H27BrN2O4. The largest absolute Gasteiger partial charge is 0.507 e. The zero-order valence-electron chi connectivity index (χ0n) is 21.1. The van der Waals surface area contributed by atoms with Crippen LogP contribution in [0.5, 0.6) is 11.5 Å². The molecule has 38 heavy (non-hydrogen) atoms. The first kappa shape index (κ1) is 24.5. The number of allylic oxidation sites excluding steroid dienone is 2. The highest BCUT2D eigenvalue weighted by molar-refractivity contribution is 9.10. The van der Waals surface area contributed by atoms with Crippen LogP contribution in [0.4, 0.5) is 5.69 Å². The maximum absolute atomic E-state index is 14.0. The van der Waals surface area contributed by atoms with Gasteiger partial charge in [0.15, 0.2) is 17.3 Å². The fourth-order valence-corrected chi connectivity index (χ4v) is 6.08. The third-order valence-corrected chi connectivity index (χ3v) is 7.81. The van der Waals surface area contributed by atoms with Gasteiger partial charge in [-0.3, -0.25) is 15.1 Å². The van der Waals surface area contributed by atoms with Crippen molar-refractivity contribution in [2.24, 2.45) is 5.41 Å². The van der Waals surface area contributed by atoms with Crippen molar-refractivity contribution in [3.63, 3.8) is 0 Å². The molecule has 7 heteroatoms. The zero-order valence-corrected chi connectivity index (χ0v) is 22.7. The molecule has 0 spiro atoms. The van der Waals surface area contributed by atoms with Crippen LogP contribution in [0, 0.1) is 10.8 Å². The zero-order chi connectivity index (χ0) is 26.6. The molecule has 0 saturated heterocycles. The maximum atomic E-state index is 14.0. The van der Waals surface area contributed by atoms with Gasteiger partial charge in [-0.1, -0.05) is 72.2 Å². The molecule has 192 valence electrons. The highest BCUT2D eigenvalue weighted by Crippen LogP contribution is 2.52. The summed E-state index contributed by atoms with van der Waals surface area (Å²) >= 11 is 3.56. The van der Waals surface area contributed by atoms with Gasteiger partial charge in [0.2, 0.25) is 6.79 Å². The minimum atomic E-state index is -0.640. The van der Waals surface area contributed by atoms with Crippen LogP contribution >= 0.6 is 15.9 Å². The number of aliphatic hydroxyl groups excluding tert-OH is 1. The number of hydrogen-bond acceptors (Lipinski definition) is 5. The molecule has 0 fully saturated rings. The van der Waals surface area contributed by atoms with Gasteiger partial charge in [0, 0.05) is 44.9 Å². The van der Waals surface area contributed by atoms with Crippen molar-refractivity contribution in [3.05, 3.63) is 105 Å². The molecular weight excluding hydrogens is 544 g/mol. The number of benzene rings is 3. The number of rotatable bonds is 3. The summed E-state index contributed by atoms with van der Waals surface area (Å²) in [5.41, 5.74) is 3.61. The van der Waals surface area contributed by atoms with Gasteiger partial charge < -0.3 is 14.6 Å². The number of aliphatic hydroxyl groups is 1. The van der Waals surface area contributed by atoms with Crippen LogP contribution in [-0.2, 0) is 4.79 Å². The Labute approximate surface area is 229 Å². The van der Waals surface area contributed by atoms with Crippen LogP contribution in [0.1, 0.15) is 43.7 Å². The quantitative estimate of drug-likeness (QED) is 0.321. The Bertz CT molecular complexity index is 1540. The number of fused-ring (bicyclic) bond motifs is 1. The van der Waals surface area contributed by atoms with Gasteiger partial charge in [-0.15, -0.1) is 0 Å². The second-order valence-electron chi connectivity index (χ2n) is 10.6. The van der Waals surface area contributed by atoms with E-state index in [1.807, 2.05) is 77.7 Å². The number of carbonyl (C=O) groups is 1. The smallest absolute Gasteiger partial charge is 0.231 e. The van der Waals surface area contributed by atoms with E-state index in [0.29, 0.717) is 41.1 Å². The fourth-order valence-electron chi connectivity index (χ4n) is 5.69. The van der Waals surface area contributed by atoms with Crippen LogP contribution in [0.15, 0.2) is 94.1 Å². The average Bonchev–Trinajstić information content (AvgIpc) is 3.35. The van der Waals surface area contributed by atoms with Gasteiger partial charge in [-0.05, 0) is 47.7 Å². The number of halogens is 1. The van der Waals surface area contributed by atoms with Crippen molar-refractivity contribution < 1.29 is 19.4 Å². The van der Waals surface area contributed by atoms with E-state index in [4.69, 9.17) is 9.47 Å². The third kappa shape index (κ3) is 4.11. The lowest BCUT2D eigenvalue weighted by Crippen LogP contribution is -2.45. The number of ether oxygens (including phenoxy) is 2. The highest BCUT2D eigenvalue weighted by Gasteiger charge is 2.47. The van der Waals surface area contributed by atoms with E-state index in [9.17, 15) is 15.3 Å². The molecule has 0 unspecified atom stereocenters. The van der Waals surface area contributed by atoms with Crippen molar-refractivity contribution in [3.8, 4) is 11.5 Å². The lowest BCUT2D eigenvalue weighted by molar-refractivity contribution is -0.118. The Hall–Kier alpha value is -3.84. The summed E-state index contributed by atoms with van der Waals surface area (Å²) in [6.07, 6.45) is 0.995. The first-order valence-electron chi connectivity index (χ1n) is 12.5. The molecule has 0 amide bonds. The summed E-state index contributed by atoms with van der Waals surface area (Å²) in [7, 11) is 0. The van der Waals surface area contributed by atoms with E-state index in [1.165, 1.54) is 0 Å². The molecule has 0 aromatic heterocycles. The minimum Gasteiger partial charge on any atom is -0.507 e. The minimum absolute atomic E-state index is 0.0183. The number of nitrogens with zero attached hydrogens (tertiary/aromatic N) is 1. The summed E-state index contributed by atoms with van der Waals surface area (Å²) in [4.78, 5) is 15.8. The van der Waals surface area contributed by atoms with Crippen molar-refractivity contribution in [1.29, 1.82) is 5.41 Å². The number of ketones is 1. The standard InChI is InChI=1S/C31H27BrN2O4/c1-31(2)15-22-27(23(35)16-31)26(19-11-12-24-25(13-19)38-17-37-24)28(29(36)18-7-4-3-5-8-18)30(33)34(22)21-10-6-9-20(32)14-21/h3-14,26,33,36H,15-17H2,1-2H3/t26-/m1/s1. The van der Waals surface area contributed by atoms with Crippen molar-refractivity contribution >= 4 is 39.0 Å². The molecule has 2 N–H and O–H groups in total. The molecule has 0 radical (unpaired) electrons. The molecule has 1 aliphatic carbocycles. The van der Waals surface area contributed by atoms with E-state index in [2.05, 4.69) is 29.8 Å². The molecule has 3 aromatic carbocycles. The van der Waals surface area contributed by atoms with Gasteiger partial charge >= 0.3 is 0 Å². The lowest BCUT2D eigenvalue weighted by Gasteiger charge is -2.45. The van der Waals surface area contributed by atoms with Gasteiger partial charge in [0.05, 0.1) is 0 Å². The molecule has 6 nitrogen and oxygen atoms in total. The molecule has 1 atom stereocenters. The number of hydrogen-bond donors (Lipinski definition) is 2. The number of nitrogens with one attached hydrogen (secondary N) is 1. The molecule has 0 saturated carbocycles. The van der Waals surface area contributed by atoms with Gasteiger partial charge in [0.1, 0.15) is 11.6 Å². The Morgan fingerprint density at radius 2 is 1.76 bits per heavy atom. The predicted octanol–water partition coefficient (Wildman–Crippen LogP) is 7.37. The second kappa shape index (κ2) is 9.17. The SMILES string of the molecule is CC1(C)CC(=O)C2=C(C1)N(c1cccc(Br)c1)C(=N)C(=C(O)c1ccccc1)[C@@H]2c1ccc2c(c1)OCO2. The van der Waals surface area contributed by atoms with Crippen molar-refractivity contribution in [2.45, 2.75) is 32.6 Å². The van der Waals surface area contributed by atoms with Crippen LogP contribution in [0.2, 0.25) is 0 Å². The molecule has 3 aliphatic rings. The molecule has 2 aliphatic heterocycles. The average molecular weight is 571 g/mol. The first-order chi connectivity index (χ1) is 18.2. The monoisotopic (exact) mass is 570 g/mol. The molecule has 0 bridgehead atoms. The Morgan fingerprint density at radius 3 is 2.53 bits per heavy atom. The van der Waals surface area contributed by atoms with E-state index in [0.717, 1.165) is 21.4 Å². The number of amidine groups is 1. The van der Waals surface area contributed by atoms with Crippen LogP contribution in [0.3, 0.4) is 0 Å². The number of anilines is 1.